The van der Waals surface area contributed by atoms with Gasteiger partial charge in [-0.05, 0) is 46.3 Å². The number of hydrogen-bond acceptors (Lipinski definition) is 5. The highest BCUT2D eigenvalue weighted by atomic mass is 79.9. The van der Waals surface area contributed by atoms with E-state index in [0.29, 0.717) is 5.82 Å². The molecule has 19 heavy (non-hydrogen) atoms. The predicted octanol–water partition coefficient (Wildman–Crippen LogP) is 1.78. The van der Waals surface area contributed by atoms with Crippen LogP contribution in [-0.4, -0.2) is 36.3 Å². The topological polar surface area (TPSA) is 93.8 Å². The van der Waals surface area contributed by atoms with E-state index in [1.807, 2.05) is 6.07 Å². The van der Waals surface area contributed by atoms with Crippen LogP contribution in [0.1, 0.15) is 19.9 Å². The summed E-state index contributed by atoms with van der Waals surface area (Å²) in [6.07, 6.45) is 3.28. The van der Waals surface area contributed by atoms with Crippen molar-refractivity contribution in [2.75, 3.05) is 0 Å². The summed E-state index contributed by atoms with van der Waals surface area (Å²) in [6, 6.07) is 1.47. The number of carbonyl (C=O) groups is 1. The van der Waals surface area contributed by atoms with E-state index < -0.39 is 11.9 Å². The summed E-state index contributed by atoms with van der Waals surface area (Å²) in [6.45, 7) is 3.39. The molecule has 0 spiro atoms. The van der Waals surface area contributed by atoms with Crippen molar-refractivity contribution in [1.29, 1.82) is 0 Å². The minimum Gasteiger partial charge on any atom is -0.481 e. The molecule has 0 amide bonds. The Bertz CT molecular complexity index is 600. The molecule has 0 aliphatic carbocycles. The number of hydrogen-bond donors (Lipinski definition) is 1. The molecule has 2 rings (SSSR count). The number of carboxylic acid groups (broad SMARTS) is 1. The van der Waals surface area contributed by atoms with E-state index in [4.69, 9.17) is 5.11 Å². The molecule has 2 unspecified atom stereocenters. The monoisotopic (exact) mass is 325 g/mol. The molecule has 2 aromatic heterocycles. The second-order valence-corrected chi connectivity index (χ2v) is 5.12. The molecule has 0 saturated carbocycles. The summed E-state index contributed by atoms with van der Waals surface area (Å²) >= 11 is 3.33. The summed E-state index contributed by atoms with van der Waals surface area (Å²) in [5.41, 5.74) is 0.726. The second-order valence-electron chi connectivity index (χ2n) is 4.21. The number of rotatable bonds is 4. The van der Waals surface area contributed by atoms with Gasteiger partial charge in [-0.2, -0.15) is 0 Å². The van der Waals surface area contributed by atoms with Crippen molar-refractivity contribution in [3.05, 3.63) is 22.9 Å². The molecule has 0 saturated heterocycles. The van der Waals surface area contributed by atoms with Gasteiger partial charge >= 0.3 is 5.97 Å². The Hall–Kier alpha value is -1.83. The van der Waals surface area contributed by atoms with Gasteiger partial charge in [0.15, 0.2) is 5.82 Å². The van der Waals surface area contributed by atoms with E-state index in [0.717, 1.165) is 10.0 Å². The van der Waals surface area contributed by atoms with Crippen LogP contribution in [0.15, 0.2) is 22.9 Å². The lowest BCUT2D eigenvalue weighted by Crippen LogP contribution is -2.23. The van der Waals surface area contributed by atoms with Crippen LogP contribution in [0.25, 0.3) is 11.4 Å². The zero-order valence-corrected chi connectivity index (χ0v) is 11.9. The van der Waals surface area contributed by atoms with Gasteiger partial charge in [0.2, 0.25) is 0 Å². The van der Waals surface area contributed by atoms with Crippen LogP contribution >= 0.6 is 15.9 Å². The van der Waals surface area contributed by atoms with Gasteiger partial charge in [-0.1, -0.05) is 0 Å². The van der Waals surface area contributed by atoms with E-state index in [2.05, 4.69) is 36.4 Å². The highest BCUT2D eigenvalue weighted by Gasteiger charge is 2.25. The maximum absolute atomic E-state index is 11.0. The number of tetrazole rings is 1. The van der Waals surface area contributed by atoms with Gasteiger partial charge in [0, 0.05) is 22.4 Å². The SMILES string of the molecule is CC(C(=O)O)C(C)n1nnnc1-c1cncc(Br)c1. The van der Waals surface area contributed by atoms with Crippen LogP contribution in [0.2, 0.25) is 0 Å². The lowest BCUT2D eigenvalue weighted by Gasteiger charge is -2.17. The van der Waals surface area contributed by atoms with E-state index >= 15 is 0 Å². The molecule has 1 N–H and O–H groups in total. The second kappa shape index (κ2) is 5.43. The third-order valence-corrected chi connectivity index (χ3v) is 3.39. The molecule has 2 aromatic rings. The molecular weight excluding hydrogens is 314 g/mol. The quantitative estimate of drug-likeness (QED) is 0.920. The van der Waals surface area contributed by atoms with Gasteiger partial charge in [-0.15, -0.1) is 5.10 Å². The Morgan fingerprint density at radius 3 is 2.79 bits per heavy atom. The third-order valence-electron chi connectivity index (χ3n) is 2.95. The van der Waals surface area contributed by atoms with Gasteiger partial charge in [0.25, 0.3) is 0 Å². The number of aromatic nitrogens is 5. The number of nitrogens with zero attached hydrogens (tertiary/aromatic N) is 5. The molecule has 0 aliphatic heterocycles. The number of carboxylic acids is 1. The molecule has 2 heterocycles. The number of pyridine rings is 1. The van der Waals surface area contributed by atoms with Gasteiger partial charge in [0.1, 0.15) is 0 Å². The summed E-state index contributed by atoms with van der Waals surface area (Å²) < 4.78 is 2.31. The van der Waals surface area contributed by atoms with Gasteiger partial charge < -0.3 is 5.11 Å². The van der Waals surface area contributed by atoms with Crippen molar-refractivity contribution >= 4 is 21.9 Å². The number of aliphatic carboxylic acids is 1. The molecule has 2 atom stereocenters. The fourth-order valence-corrected chi connectivity index (χ4v) is 1.98. The maximum Gasteiger partial charge on any atom is 0.308 e. The lowest BCUT2D eigenvalue weighted by atomic mass is 10.0. The molecule has 0 bridgehead atoms. The summed E-state index contributed by atoms with van der Waals surface area (Å²) in [7, 11) is 0. The molecule has 0 radical (unpaired) electrons. The molecule has 0 aliphatic rings. The average molecular weight is 326 g/mol. The normalized spacial score (nSPS) is 14.1. The Morgan fingerprint density at radius 2 is 2.16 bits per heavy atom. The van der Waals surface area contributed by atoms with Crippen LogP contribution in [0, 0.1) is 5.92 Å². The highest BCUT2D eigenvalue weighted by molar-refractivity contribution is 9.10. The maximum atomic E-state index is 11.0. The first-order valence-electron chi connectivity index (χ1n) is 5.62. The fraction of sp³-hybridized carbons (Fsp3) is 0.364. The Balaban J connectivity index is 2.40. The third kappa shape index (κ3) is 2.78. The largest absolute Gasteiger partial charge is 0.481 e. The van der Waals surface area contributed by atoms with Crippen LogP contribution in [0.4, 0.5) is 0 Å². The molecule has 8 heteroatoms. The van der Waals surface area contributed by atoms with Crippen molar-refractivity contribution in [1.82, 2.24) is 25.2 Å². The minimum atomic E-state index is -0.888. The van der Waals surface area contributed by atoms with Crippen molar-refractivity contribution in [3.8, 4) is 11.4 Å². The van der Waals surface area contributed by atoms with E-state index in [-0.39, 0.29) is 6.04 Å². The Morgan fingerprint density at radius 1 is 1.42 bits per heavy atom. The summed E-state index contributed by atoms with van der Waals surface area (Å²) in [5, 5.41) is 20.5. The van der Waals surface area contributed by atoms with Crippen LogP contribution in [0.5, 0.6) is 0 Å². The minimum absolute atomic E-state index is 0.360. The highest BCUT2D eigenvalue weighted by Crippen LogP contribution is 2.24. The first-order valence-corrected chi connectivity index (χ1v) is 6.41. The van der Waals surface area contributed by atoms with Gasteiger partial charge in [0.05, 0.1) is 12.0 Å². The van der Waals surface area contributed by atoms with Crippen molar-refractivity contribution in [2.45, 2.75) is 19.9 Å². The Labute approximate surface area is 117 Å². The zero-order valence-electron chi connectivity index (χ0n) is 10.4. The predicted molar refractivity (Wildman–Crippen MR) is 70.3 cm³/mol. The summed E-state index contributed by atoms with van der Waals surface area (Å²) in [5.74, 6) is -0.988. The van der Waals surface area contributed by atoms with E-state index in [1.54, 1.807) is 26.2 Å². The average Bonchev–Trinajstić information content (AvgIpc) is 2.86. The molecule has 100 valence electrons. The van der Waals surface area contributed by atoms with Gasteiger partial charge in [-0.3, -0.25) is 9.78 Å². The fourth-order valence-electron chi connectivity index (χ4n) is 1.61. The van der Waals surface area contributed by atoms with Crippen molar-refractivity contribution in [3.63, 3.8) is 0 Å². The molecule has 0 aromatic carbocycles. The van der Waals surface area contributed by atoms with Crippen LogP contribution in [-0.2, 0) is 4.79 Å². The molecule has 7 nitrogen and oxygen atoms in total. The molecular formula is C11H12BrN5O2. The van der Waals surface area contributed by atoms with E-state index in [1.165, 1.54) is 4.68 Å². The lowest BCUT2D eigenvalue weighted by molar-refractivity contribution is -0.142. The van der Waals surface area contributed by atoms with Gasteiger partial charge in [-0.25, -0.2) is 4.68 Å². The van der Waals surface area contributed by atoms with Crippen LogP contribution < -0.4 is 0 Å². The smallest absolute Gasteiger partial charge is 0.308 e. The number of halogens is 1. The van der Waals surface area contributed by atoms with Crippen molar-refractivity contribution in [2.24, 2.45) is 5.92 Å². The molecule has 0 fully saturated rings. The Kier molecular flexibility index (Phi) is 3.89. The zero-order chi connectivity index (χ0) is 14.0. The first-order chi connectivity index (χ1) is 9.00. The van der Waals surface area contributed by atoms with Crippen LogP contribution in [0.3, 0.4) is 0 Å². The standard InChI is InChI=1S/C11H12BrN5O2/c1-6(11(18)19)7(2)17-10(14-15-16-17)8-3-9(12)5-13-4-8/h3-7H,1-2H3,(H,18,19). The summed E-state index contributed by atoms with van der Waals surface area (Å²) in [4.78, 5) is 15.1. The first kappa shape index (κ1) is 13.6. The van der Waals surface area contributed by atoms with Crippen molar-refractivity contribution < 1.29 is 9.90 Å². The van der Waals surface area contributed by atoms with E-state index in [9.17, 15) is 4.79 Å².